The summed E-state index contributed by atoms with van der Waals surface area (Å²) in [5, 5.41) is 1.24. The highest BCUT2D eigenvalue weighted by molar-refractivity contribution is 5.93. The van der Waals surface area contributed by atoms with Gasteiger partial charge in [0, 0.05) is 41.3 Å². The molecular formula is C28H25N3O2. The third-order valence-corrected chi connectivity index (χ3v) is 6.70. The Morgan fingerprint density at radius 1 is 1.06 bits per heavy atom. The number of nitrogens with two attached hydrogens (primary N) is 1. The minimum absolute atomic E-state index is 0.00196. The molecule has 1 atom stereocenters. The van der Waals surface area contributed by atoms with E-state index < -0.39 is 0 Å². The number of amides is 1. The number of aromatic nitrogens is 1. The first kappa shape index (κ1) is 19.7. The van der Waals surface area contributed by atoms with Crippen LogP contribution in [-0.4, -0.2) is 28.9 Å². The molecule has 3 heterocycles. The van der Waals surface area contributed by atoms with Crippen LogP contribution < -0.4 is 10.5 Å². The Morgan fingerprint density at radius 2 is 1.91 bits per heavy atom. The Labute approximate surface area is 192 Å². The molecule has 0 radical (unpaired) electrons. The molecule has 0 bridgehead atoms. The smallest absolute Gasteiger partial charge is 0.247 e. The van der Waals surface area contributed by atoms with Crippen molar-refractivity contribution in [3.8, 4) is 5.75 Å². The number of anilines is 1. The van der Waals surface area contributed by atoms with E-state index in [2.05, 4.69) is 35.3 Å². The first-order valence-corrected chi connectivity index (χ1v) is 11.4. The molecule has 0 fully saturated rings. The van der Waals surface area contributed by atoms with Gasteiger partial charge in [0.15, 0.2) is 0 Å². The first-order chi connectivity index (χ1) is 16.2. The van der Waals surface area contributed by atoms with E-state index in [9.17, 15) is 4.79 Å². The van der Waals surface area contributed by atoms with E-state index in [1.54, 1.807) is 6.08 Å². The molecule has 6 rings (SSSR count). The summed E-state index contributed by atoms with van der Waals surface area (Å²) in [6, 6.07) is 22.1. The second kappa shape index (κ2) is 7.85. The predicted molar refractivity (Wildman–Crippen MR) is 131 cm³/mol. The number of nitrogens with one attached hydrogen (secondary N) is 1. The van der Waals surface area contributed by atoms with Crippen molar-refractivity contribution >= 4 is 28.6 Å². The quantitative estimate of drug-likeness (QED) is 0.356. The van der Waals surface area contributed by atoms with Gasteiger partial charge in [-0.05, 0) is 65.1 Å². The number of hydrogen-bond acceptors (Lipinski definition) is 3. The van der Waals surface area contributed by atoms with Crippen molar-refractivity contribution in [2.24, 2.45) is 0 Å². The zero-order chi connectivity index (χ0) is 22.4. The lowest BCUT2D eigenvalue weighted by molar-refractivity contribution is -0.128. The number of ether oxygens (including phenoxy) is 1. The molecule has 1 aromatic heterocycles. The molecule has 33 heavy (non-hydrogen) atoms. The summed E-state index contributed by atoms with van der Waals surface area (Å²) in [7, 11) is 0. The molecule has 1 amide bonds. The fourth-order valence-corrected chi connectivity index (χ4v) is 5.07. The maximum atomic E-state index is 13.5. The van der Waals surface area contributed by atoms with Crippen LogP contribution >= 0.6 is 0 Å². The van der Waals surface area contributed by atoms with Gasteiger partial charge in [0.1, 0.15) is 5.75 Å². The second-order valence-corrected chi connectivity index (χ2v) is 8.71. The third kappa shape index (κ3) is 3.46. The number of hydrogen-bond donors (Lipinski definition) is 2. The molecule has 5 nitrogen and oxygen atoms in total. The van der Waals surface area contributed by atoms with Crippen molar-refractivity contribution < 1.29 is 9.53 Å². The summed E-state index contributed by atoms with van der Waals surface area (Å²) in [6.07, 6.45) is 5.25. The summed E-state index contributed by atoms with van der Waals surface area (Å²) in [5.74, 6) is 0.949. The van der Waals surface area contributed by atoms with Crippen LogP contribution in [-0.2, 0) is 17.6 Å². The number of rotatable bonds is 3. The lowest BCUT2D eigenvalue weighted by Gasteiger charge is -2.36. The zero-order valence-electron chi connectivity index (χ0n) is 18.3. The van der Waals surface area contributed by atoms with Gasteiger partial charge in [-0.3, -0.25) is 4.79 Å². The maximum Gasteiger partial charge on any atom is 0.247 e. The number of carbonyl (C=O) groups excluding carboxylic acids is 1. The Kier molecular flexibility index (Phi) is 4.68. The Bertz CT molecular complexity index is 1380. The van der Waals surface area contributed by atoms with Crippen LogP contribution in [0.15, 0.2) is 72.8 Å². The largest absolute Gasteiger partial charge is 0.493 e. The lowest BCUT2D eigenvalue weighted by Crippen LogP contribution is -2.39. The van der Waals surface area contributed by atoms with E-state index in [1.165, 1.54) is 16.5 Å². The third-order valence-electron chi connectivity index (χ3n) is 6.70. The maximum absolute atomic E-state index is 13.5. The van der Waals surface area contributed by atoms with Crippen LogP contribution in [0.1, 0.15) is 34.0 Å². The number of benzene rings is 3. The average molecular weight is 436 g/mol. The van der Waals surface area contributed by atoms with E-state index in [-0.39, 0.29) is 11.9 Å². The number of H-pyrrole nitrogens is 1. The van der Waals surface area contributed by atoms with E-state index in [0.29, 0.717) is 18.8 Å². The molecule has 0 unspecified atom stereocenters. The second-order valence-electron chi connectivity index (χ2n) is 8.71. The highest BCUT2D eigenvalue weighted by Crippen LogP contribution is 2.40. The van der Waals surface area contributed by atoms with Gasteiger partial charge in [0.25, 0.3) is 0 Å². The van der Waals surface area contributed by atoms with Crippen LogP contribution in [0.4, 0.5) is 5.69 Å². The normalized spacial score (nSPS) is 17.2. The number of carbonyl (C=O) groups is 1. The Morgan fingerprint density at radius 3 is 2.79 bits per heavy atom. The topological polar surface area (TPSA) is 71.4 Å². The number of fused-ring (bicyclic) bond motifs is 4. The standard InChI is InChI=1S/C28H25N3O2/c29-21-9-5-18(6-10-21)7-12-26(32)31-15-13-23-22-3-1-2-4-24(22)30-27(23)28(31)20-8-11-25-19(17-20)14-16-33-25/h1-12,17,28,30H,13-16,29H2/t28-/m1/s1. The molecule has 3 aromatic carbocycles. The molecule has 5 heteroatoms. The summed E-state index contributed by atoms with van der Waals surface area (Å²) in [5.41, 5.74) is 13.3. The molecular weight excluding hydrogens is 410 g/mol. The van der Waals surface area contributed by atoms with Gasteiger partial charge in [0.05, 0.1) is 12.6 Å². The average Bonchev–Trinajstić information content (AvgIpc) is 3.46. The van der Waals surface area contributed by atoms with E-state index >= 15 is 0 Å². The molecule has 0 saturated carbocycles. The van der Waals surface area contributed by atoms with Crippen molar-refractivity contribution in [1.29, 1.82) is 0 Å². The summed E-state index contributed by atoms with van der Waals surface area (Å²) < 4.78 is 5.72. The molecule has 3 N–H and O–H groups in total. The van der Waals surface area contributed by atoms with Gasteiger partial charge in [-0.15, -0.1) is 0 Å². The monoisotopic (exact) mass is 435 g/mol. The molecule has 2 aliphatic heterocycles. The van der Waals surface area contributed by atoms with Crippen LogP contribution in [0.5, 0.6) is 5.75 Å². The SMILES string of the molecule is Nc1ccc(C=CC(=O)N2CCc3c([nH]c4ccccc34)[C@H]2c2ccc3c(c2)CCO3)cc1. The van der Waals surface area contributed by atoms with Gasteiger partial charge >= 0.3 is 0 Å². The molecule has 0 aliphatic carbocycles. The van der Waals surface area contributed by atoms with Crippen LogP contribution in [0.25, 0.3) is 17.0 Å². The minimum Gasteiger partial charge on any atom is -0.493 e. The van der Waals surface area contributed by atoms with Crippen molar-refractivity contribution in [2.45, 2.75) is 18.9 Å². The zero-order valence-corrected chi connectivity index (χ0v) is 18.3. The van der Waals surface area contributed by atoms with E-state index in [0.717, 1.165) is 40.9 Å². The number of nitrogens with zero attached hydrogens (tertiary/aromatic N) is 1. The van der Waals surface area contributed by atoms with E-state index in [1.807, 2.05) is 47.4 Å². The number of para-hydroxylation sites is 1. The van der Waals surface area contributed by atoms with Crippen molar-refractivity contribution in [1.82, 2.24) is 9.88 Å². The van der Waals surface area contributed by atoms with Crippen LogP contribution in [0.3, 0.4) is 0 Å². The van der Waals surface area contributed by atoms with Gasteiger partial charge in [-0.1, -0.05) is 36.4 Å². The molecule has 164 valence electrons. The molecule has 0 saturated heterocycles. The van der Waals surface area contributed by atoms with Gasteiger partial charge < -0.3 is 20.4 Å². The fraction of sp³-hybridized carbons (Fsp3) is 0.179. The minimum atomic E-state index is -0.171. The molecule has 0 spiro atoms. The van der Waals surface area contributed by atoms with Crippen molar-refractivity contribution in [3.05, 3.63) is 101 Å². The fourth-order valence-electron chi connectivity index (χ4n) is 5.07. The molecule has 4 aromatic rings. The number of aromatic amines is 1. The first-order valence-electron chi connectivity index (χ1n) is 11.4. The van der Waals surface area contributed by atoms with Gasteiger partial charge in [-0.25, -0.2) is 0 Å². The molecule has 2 aliphatic rings. The van der Waals surface area contributed by atoms with Gasteiger partial charge in [0.2, 0.25) is 5.91 Å². The highest BCUT2D eigenvalue weighted by Gasteiger charge is 2.34. The summed E-state index contributed by atoms with van der Waals surface area (Å²) in [4.78, 5) is 19.1. The van der Waals surface area contributed by atoms with E-state index in [4.69, 9.17) is 10.5 Å². The lowest BCUT2D eigenvalue weighted by atomic mass is 9.91. The Balaban J connectivity index is 1.42. The van der Waals surface area contributed by atoms with Crippen molar-refractivity contribution in [3.63, 3.8) is 0 Å². The van der Waals surface area contributed by atoms with Crippen LogP contribution in [0.2, 0.25) is 0 Å². The predicted octanol–water partition coefficient (Wildman–Crippen LogP) is 4.87. The Hall–Kier alpha value is -3.99. The summed E-state index contributed by atoms with van der Waals surface area (Å²) >= 11 is 0. The van der Waals surface area contributed by atoms with Crippen molar-refractivity contribution in [2.75, 3.05) is 18.9 Å². The van der Waals surface area contributed by atoms with Crippen LogP contribution in [0, 0.1) is 0 Å². The highest BCUT2D eigenvalue weighted by atomic mass is 16.5. The van der Waals surface area contributed by atoms with Gasteiger partial charge in [-0.2, -0.15) is 0 Å². The summed E-state index contributed by atoms with van der Waals surface area (Å²) in [6.45, 7) is 1.38. The number of nitrogen functional groups attached to an aromatic ring is 1.